The summed E-state index contributed by atoms with van der Waals surface area (Å²) in [5, 5.41) is 6.19. The maximum absolute atomic E-state index is 10.8. The van der Waals surface area contributed by atoms with E-state index in [1.165, 1.54) is 12.5 Å². The van der Waals surface area contributed by atoms with Crippen molar-refractivity contribution in [1.82, 2.24) is 5.32 Å². The molecule has 1 amide bonds. The monoisotopic (exact) mass is 248 g/mol. The number of hydrogen-bond donors (Lipinski definition) is 2. The maximum Gasteiger partial charge on any atom is 0.216 e. The second-order valence-corrected chi connectivity index (χ2v) is 4.71. The average Bonchev–Trinajstić information content (AvgIpc) is 2.34. The Bertz CT molecular complexity index is 432. The topological polar surface area (TPSA) is 50.4 Å². The third-order valence-electron chi connectivity index (χ3n) is 3.08. The summed E-state index contributed by atoms with van der Waals surface area (Å²) in [6.07, 6.45) is 2.24. The summed E-state index contributed by atoms with van der Waals surface area (Å²) in [5.74, 6) is 0.852. The molecule has 1 heterocycles. The van der Waals surface area contributed by atoms with Gasteiger partial charge in [-0.3, -0.25) is 4.79 Å². The summed E-state index contributed by atoms with van der Waals surface area (Å²) in [4.78, 5) is 10.8. The number of hydrogen-bond acceptors (Lipinski definition) is 3. The Hall–Kier alpha value is -1.71. The smallest absolute Gasteiger partial charge is 0.216 e. The van der Waals surface area contributed by atoms with E-state index >= 15 is 0 Å². The molecule has 2 rings (SSSR count). The number of carbonyl (C=O) groups excluding carboxylic acids is 1. The normalized spacial score (nSPS) is 17.6. The van der Waals surface area contributed by atoms with Crippen molar-refractivity contribution < 1.29 is 9.53 Å². The number of nitrogens with one attached hydrogen (secondary N) is 2. The van der Waals surface area contributed by atoms with Crippen LogP contribution in [0, 0.1) is 0 Å². The zero-order chi connectivity index (χ0) is 13.0. The standard InChI is InChI=1S/C14H20N2O2/c1-10-6-7-12-4-3-5-13(14(12)16-10)18-9-8-15-11(2)17/h3-5,10,16H,6-9H2,1-2H3,(H,15,17)/t10-/m0/s1. The number of rotatable bonds is 4. The number of para-hydroxylation sites is 1. The fourth-order valence-corrected chi connectivity index (χ4v) is 2.15. The lowest BCUT2D eigenvalue weighted by molar-refractivity contribution is -0.119. The summed E-state index contributed by atoms with van der Waals surface area (Å²) in [6.45, 7) is 4.71. The van der Waals surface area contributed by atoms with Crippen molar-refractivity contribution in [1.29, 1.82) is 0 Å². The zero-order valence-electron chi connectivity index (χ0n) is 11.0. The van der Waals surface area contributed by atoms with E-state index in [9.17, 15) is 4.79 Å². The highest BCUT2D eigenvalue weighted by molar-refractivity contribution is 5.72. The minimum Gasteiger partial charge on any atom is -0.490 e. The van der Waals surface area contributed by atoms with Crippen molar-refractivity contribution in [2.24, 2.45) is 0 Å². The van der Waals surface area contributed by atoms with Gasteiger partial charge in [-0.1, -0.05) is 12.1 Å². The van der Waals surface area contributed by atoms with E-state index in [4.69, 9.17) is 4.74 Å². The first-order valence-corrected chi connectivity index (χ1v) is 6.42. The highest BCUT2D eigenvalue weighted by Gasteiger charge is 2.17. The van der Waals surface area contributed by atoms with Gasteiger partial charge in [0.1, 0.15) is 12.4 Å². The predicted molar refractivity (Wildman–Crippen MR) is 72.0 cm³/mol. The Morgan fingerprint density at radius 2 is 2.39 bits per heavy atom. The molecule has 0 aromatic heterocycles. The Kier molecular flexibility index (Phi) is 4.07. The first-order chi connectivity index (χ1) is 8.66. The van der Waals surface area contributed by atoms with Crippen molar-refractivity contribution in [2.45, 2.75) is 32.7 Å². The van der Waals surface area contributed by atoms with Crippen LogP contribution in [0.15, 0.2) is 18.2 Å². The zero-order valence-corrected chi connectivity index (χ0v) is 11.0. The van der Waals surface area contributed by atoms with E-state index in [1.807, 2.05) is 12.1 Å². The second kappa shape index (κ2) is 5.76. The van der Waals surface area contributed by atoms with Gasteiger partial charge in [0.05, 0.1) is 12.2 Å². The molecule has 0 fully saturated rings. The number of benzene rings is 1. The Morgan fingerprint density at radius 3 is 3.17 bits per heavy atom. The largest absolute Gasteiger partial charge is 0.490 e. The number of fused-ring (bicyclic) bond motifs is 1. The molecule has 1 aliphatic rings. The Morgan fingerprint density at radius 1 is 1.56 bits per heavy atom. The molecule has 4 heteroatoms. The molecule has 1 aromatic carbocycles. The number of carbonyl (C=O) groups is 1. The van der Waals surface area contributed by atoms with Crippen molar-refractivity contribution in [2.75, 3.05) is 18.5 Å². The van der Waals surface area contributed by atoms with Crippen LogP contribution in [-0.4, -0.2) is 25.1 Å². The van der Waals surface area contributed by atoms with Gasteiger partial charge in [0.25, 0.3) is 0 Å². The molecule has 1 aromatic rings. The predicted octanol–water partition coefficient (Wildman–Crippen LogP) is 1.95. The lowest BCUT2D eigenvalue weighted by Crippen LogP contribution is -2.26. The highest BCUT2D eigenvalue weighted by atomic mass is 16.5. The fourth-order valence-electron chi connectivity index (χ4n) is 2.15. The first-order valence-electron chi connectivity index (χ1n) is 6.42. The third kappa shape index (κ3) is 3.15. The van der Waals surface area contributed by atoms with E-state index in [0.29, 0.717) is 19.2 Å². The molecule has 0 unspecified atom stereocenters. The Balaban J connectivity index is 1.98. The van der Waals surface area contributed by atoms with Crippen LogP contribution in [0.4, 0.5) is 5.69 Å². The highest BCUT2D eigenvalue weighted by Crippen LogP contribution is 2.33. The number of ether oxygens (including phenoxy) is 1. The molecule has 0 aliphatic carbocycles. The molecule has 1 aliphatic heterocycles. The van der Waals surface area contributed by atoms with Gasteiger partial charge in [0, 0.05) is 13.0 Å². The van der Waals surface area contributed by atoms with Crippen molar-refractivity contribution in [3.63, 3.8) is 0 Å². The van der Waals surface area contributed by atoms with E-state index in [1.54, 1.807) is 0 Å². The molecule has 0 radical (unpaired) electrons. The molecule has 0 bridgehead atoms. The molecule has 18 heavy (non-hydrogen) atoms. The second-order valence-electron chi connectivity index (χ2n) is 4.71. The van der Waals surface area contributed by atoms with Gasteiger partial charge >= 0.3 is 0 Å². The van der Waals surface area contributed by atoms with Crippen molar-refractivity contribution in [3.8, 4) is 5.75 Å². The molecule has 1 atom stereocenters. The molecule has 4 nitrogen and oxygen atoms in total. The molecular formula is C14H20N2O2. The number of anilines is 1. The summed E-state index contributed by atoms with van der Waals surface area (Å²) >= 11 is 0. The van der Waals surface area contributed by atoms with Crippen LogP contribution in [0.5, 0.6) is 5.75 Å². The third-order valence-corrected chi connectivity index (χ3v) is 3.08. The lowest BCUT2D eigenvalue weighted by atomic mass is 9.98. The number of amides is 1. The van der Waals surface area contributed by atoms with Gasteiger partial charge in [-0.25, -0.2) is 0 Å². The fraction of sp³-hybridized carbons (Fsp3) is 0.500. The van der Waals surface area contributed by atoms with E-state index in [0.717, 1.165) is 24.3 Å². The van der Waals surface area contributed by atoms with Crippen LogP contribution >= 0.6 is 0 Å². The molecule has 2 N–H and O–H groups in total. The van der Waals surface area contributed by atoms with Crippen LogP contribution in [-0.2, 0) is 11.2 Å². The average molecular weight is 248 g/mol. The lowest BCUT2D eigenvalue weighted by Gasteiger charge is -2.26. The molecule has 98 valence electrons. The molecular weight excluding hydrogens is 228 g/mol. The Labute approximate surface area is 108 Å². The van der Waals surface area contributed by atoms with E-state index in [2.05, 4.69) is 23.6 Å². The molecule has 0 saturated carbocycles. The quantitative estimate of drug-likeness (QED) is 0.801. The SMILES string of the molecule is CC(=O)NCCOc1cccc2c1N[C@@H](C)CC2. The van der Waals surface area contributed by atoms with Crippen LogP contribution in [0.2, 0.25) is 0 Å². The van der Waals surface area contributed by atoms with Crippen LogP contribution < -0.4 is 15.4 Å². The van der Waals surface area contributed by atoms with Gasteiger partial charge in [0.2, 0.25) is 5.91 Å². The summed E-state index contributed by atoms with van der Waals surface area (Å²) in [5.41, 5.74) is 2.42. The number of aryl methyl sites for hydroxylation is 1. The van der Waals surface area contributed by atoms with Crippen LogP contribution in [0.3, 0.4) is 0 Å². The summed E-state index contributed by atoms with van der Waals surface area (Å²) in [6, 6.07) is 6.61. The minimum absolute atomic E-state index is 0.0274. The van der Waals surface area contributed by atoms with Gasteiger partial charge in [-0.05, 0) is 31.4 Å². The maximum atomic E-state index is 10.8. The summed E-state index contributed by atoms with van der Waals surface area (Å²) in [7, 11) is 0. The van der Waals surface area contributed by atoms with E-state index < -0.39 is 0 Å². The summed E-state index contributed by atoms with van der Waals surface area (Å²) < 4.78 is 5.73. The minimum atomic E-state index is -0.0274. The molecule has 0 spiro atoms. The van der Waals surface area contributed by atoms with E-state index in [-0.39, 0.29) is 5.91 Å². The van der Waals surface area contributed by atoms with Gasteiger partial charge in [-0.15, -0.1) is 0 Å². The van der Waals surface area contributed by atoms with Crippen molar-refractivity contribution in [3.05, 3.63) is 23.8 Å². The van der Waals surface area contributed by atoms with Crippen LogP contribution in [0.1, 0.15) is 25.8 Å². The van der Waals surface area contributed by atoms with Crippen molar-refractivity contribution >= 4 is 11.6 Å². The van der Waals surface area contributed by atoms with Crippen LogP contribution in [0.25, 0.3) is 0 Å². The van der Waals surface area contributed by atoms with Gasteiger partial charge in [0.15, 0.2) is 0 Å². The van der Waals surface area contributed by atoms with Gasteiger partial charge < -0.3 is 15.4 Å². The van der Waals surface area contributed by atoms with Gasteiger partial charge in [-0.2, -0.15) is 0 Å². The molecule has 0 saturated heterocycles. The first kappa shape index (κ1) is 12.7.